The minimum Gasteiger partial charge on any atom is -0.303 e. The minimum absolute atomic E-state index is 0.309. The van der Waals surface area contributed by atoms with Crippen LogP contribution < -0.4 is 0 Å². The van der Waals surface area contributed by atoms with Crippen LogP contribution in [0.4, 0.5) is 0 Å². The molecule has 0 aromatic carbocycles. The number of carbonyl (C=O) groups is 1. The zero-order valence-corrected chi connectivity index (χ0v) is 6.68. The zero-order valence-electron chi connectivity index (χ0n) is 6.68. The Morgan fingerprint density at radius 1 is 1.40 bits per heavy atom. The van der Waals surface area contributed by atoms with Crippen molar-refractivity contribution >= 4 is 6.29 Å². The molecule has 1 aliphatic rings. The molecule has 0 N–H and O–H groups in total. The summed E-state index contributed by atoms with van der Waals surface area (Å²) in [4.78, 5) is 10.4. The van der Waals surface area contributed by atoms with E-state index in [2.05, 4.69) is 13.8 Å². The van der Waals surface area contributed by atoms with E-state index in [-0.39, 0.29) is 0 Å². The highest BCUT2D eigenvalue weighted by atomic mass is 16.1. The summed E-state index contributed by atoms with van der Waals surface area (Å²) in [6, 6.07) is 0. The van der Waals surface area contributed by atoms with Crippen molar-refractivity contribution in [1.29, 1.82) is 0 Å². The second-order valence-electron chi connectivity index (χ2n) is 3.20. The molecule has 0 aromatic heterocycles. The Bertz CT molecular complexity index is 168. The summed E-state index contributed by atoms with van der Waals surface area (Å²) in [5.74, 6) is 0.309. The van der Waals surface area contributed by atoms with Crippen LogP contribution in [0.15, 0.2) is 11.1 Å². The van der Waals surface area contributed by atoms with Crippen LogP contribution in [0.1, 0.15) is 33.1 Å². The molecule has 1 atom stereocenters. The van der Waals surface area contributed by atoms with Crippen molar-refractivity contribution in [3.8, 4) is 0 Å². The van der Waals surface area contributed by atoms with E-state index >= 15 is 0 Å². The van der Waals surface area contributed by atoms with Crippen LogP contribution in [0, 0.1) is 5.92 Å². The molecule has 0 bridgehead atoms. The van der Waals surface area contributed by atoms with E-state index < -0.39 is 0 Å². The minimum atomic E-state index is 0.309. The van der Waals surface area contributed by atoms with Gasteiger partial charge in [-0.2, -0.15) is 0 Å². The maximum atomic E-state index is 10.4. The Morgan fingerprint density at radius 2 is 2.10 bits per heavy atom. The normalized spacial score (nSPS) is 26.8. The largest absolute Gasteiger partial charge is 0.303 e. The first kappa shape index (κ1) is 7.52. The van der Waals surface area contributed by atoms with Crippen LogP contribution in [-0.2, 0) is 4.79 Å². The molecule has 0 spiro atoms. The number of hydrogen-bond acceptors (Lipinski definition) is 1. The Morgan fingerprint density at radius 3 is 2.60 bits per heavy atom. The zero-order chi connectivity index (χ0) is 7.56. The van der Waals surface area contributed by atoms with Gasteiger partial charge in [-0.15, -0.1) is 0 Å². The van der Waals surface area contributed by atoms with Crippen LogP contribution in [0.25, 0.3) is 0 Å². The monoisotopic (exact) mass is 138 g/mol. The first-order valence-electron chi connectivity index (χ1n) is 3.84. The number of rotatable bonds is 1. The van der Waals surface area contributed by atoms with Gasteiger partial charge in [0.2, 0.25) is 0 Å². The van der Waals surface area contributed by atoms with E-state index in [1.807, 2.05) is 0 Å². The van der Waals surface area contributed by atoms with Gasteiger partial charge in [-0.05, 0) is 33.1 Å². The third-order valence-electron chi connectivity index (χ3n) is 2.38. The molecule has 0 aliphatic heterocycles. The first-order chi connectivity index (χ1) is 4.74. The molecule has 0 amide bonds. The maximum Gasteiger partial charge on any atom is 0.123 e. The fraction of sp³-hybridized carbons (Fsp3) is 0.667. The third kappa shape index (κ3) is 1.47. The Kier molecular flexibility index (Phi) is 2.25. The molecule has 0 unspecified atom stereocenters. The van der Waals surface area contributed by atoms with Crippen LogP contribution in [-0.4, -0.2) is 6.29 Å². The van der Waals surface area contributed by atoms with E-state index in [0.717, 1.165) is 25.5 Å². The molecular formula is C9H14O. The molecule has 1 nitrogen and oxygen atoms in total. The van der Waals surface area contributed by atoms with Gasteiger partial charge in [0.1, 0.15) is 6.29 Å². The summed E-state index contributed by atoms with van der Waals surface area (Å²) in [5, 5.41) is 0. The van der Waals surface area contributed by atoms with Crippen LogP contribution in [0.3, 0.4) is 0 Å². The molecule has 1 rings (SSSR count). The molecule has 10 heavy (non-hydrogen) atoms. The van der Waals surface area contributed by atoms with Gasteiger partial charge in [-0.3, -0.25) is 0 Å². The average molecular weight is 138 g/mol. The summed E-state index contributed by atoms with van der Waals surface area (Å²) in [5.41, 5.74) is 2.90. The van der Waals surface area contributed by atoms with E-state index in [4.69, 9.17) is 0 Å². The maximum absolute atomic E-state index is 10.4. The van der Waals surface area contributed by atoms with Crippen molar-refractivity contribution < 1.29 is 4.79 Å². The Balaban J connectivity index is 2.62. The summed E-state index contributed by atoms with van der Waals surface area (Å²) in [6.45, 7) is 4.29. The van der Waals surface area contributed by atoms with Gasteiger partial charge >= 0.3 is 0 Å². The van der Waals surface area contributed by atoms with E-state index in [1.54, 1.807) is 0 Å². The summed E-state index contributed by atoms with van der Waals surface area (Å²) >= 11 is 0. The molecular weight excluding hydrogens is 124 g/mol. The van der Waals surface area contributed by atoms with Crippen molar-refractivity contribution in [2.75, 3.05) is 0 Å². The lowest BCUT2D eigenvalue weighted by Crippen LogP contribution is -2.08. The summed E-state index contributed by atoms with van der Waals surface area (Å²) in [7, 11) is 0. The SMILES string of the molecule is CC1=C(C)C[C@H](C=O)CC1. The van der Waals surface area contributed by atoms with Gasteiger partial charge in [0.15, 0.2) is 0 Å². The van der Waals surface area contributed by atoms with Gasteiger partial charge in [0.25, 0.3) is 0 Å². The number of allylic oxidation sites excluding steroid dienone is 2. The Hall–Kier alpha value is -0.590. The van der Waals surface area contributed by atoms with Gasteiger partial charge in [0.05, 0.1) is 0 Å². The first-order valence-corrected chi connectivity index (χ1v) is 3.84. The van der Waals surface area contributed by atoms with Gasteiger partial charge in [0, 0.05) is 5.92 Å². The van der Waals surface area contributed by atoms with Crippen LogP contribution >= 0.6 is 0 Å². The van der Waals surface area contributed by atoms with Gasteiger partial charge in [-0.25, -0.2) is 0 Å². The third-order valence-corrected chi connectivity index (χ3v) is 2.38. The molecule has 0 radical (unpaired) electrons. The van der Waals surface area contributed by atoms with Gasteiger partial charge < -0.3 is 4.79 Å². The standard InChI is InChI=1S/C9H14O/c1-7-3-4-9(6-10)5-8(7)2/h6,9H,3-5H2,1-2H3/t9-/m1/s1. The number of carbonyl (C=O) groups excluding carboxylic acids is 1. The van der Waals surface area contributed by atoms with Crippen molar-refractivity contribution in [2.45, 2.75) is 33.1 Å². The molecule has 0 fully saturated rings. The molecule has 1 aliphatic carbocycles. The van der Waals surface area contributed by atoms with Crippen LogP contribution in [0.2, 0.25) is 0 Å². The second kappa shape index (κ2) is 3.00. The predicted molar refractivity (Wildman–Crippen MR) is 41.8 cm³/mol. The second-order valence-corrected chi connectivity index (χ2v) is 3.20. The average Bonchev–Trinajstić information content (AvgIpc) is 1.95. The highest BCUT2D eigenvalue weighted by Gasteiger charge is 2.14. The molecule has 1 heteroatoms. The lowest BCUT2D eigenvalue weighted by atomic mass is 9.86. The van der Waals surface area contributed by atoms with Crippen molar-refractivity contribution in [1.82, 2.24) is 0 Å². The number of hydrogen-bond donors (Lipinski definition) is 0. The van der Waals surface area contributed by atoms with Crippen molar-refractivity contribution in [3.63, 3.8) is 0 Å². The Labute approximate surface area is 62.1 Å². The molecule has 0 aromatic rings. The topological polar surface area (TPSA) is 17.1 Å². The van der Waals surface area contributed by atoms with E-state index in [9.17, 15) is 4.79 Å². The highest BCUT2D eigenvalue weighted by molar-refractivity contribution is 5.54. The molecule has 56 valence electrons. The van der Waals surface area contributed by atoms with Crippen molar-refractivity contribution in [2.24, 2.45) is 5.92 Å². The smallest absolute Gasteiger partial charge is 0.123 e. The highest BCUT2D eigenvalue weighted by Crippen LogP contribution is 2.27. The lowest BCUT2D eigenvalue weighted by Gasteiger charge is -2.19. The predicted octanol–water partition coefficient (Wildman–Crippen LogP) is 2.32. The molecule has 0 heterocycles. The summed E-state index contributed by atoms with van der Waals surface area (Å²) < 4.78 is 0. The van der Waals surface area contributed by atoms with E-state index in [1.165, 1.54) is 11.1 Å². The van der Waals surface area contributed by atoms with E-state index in [0.29, 0.717) is 5.92 Å². The van der Waals surface area contributed by atoms with Crippen molar-refractivity contribution in [3.05, 3.63) is 11.1 Å². The number of aldehydes is 1. The van der Waals surface area contributed by atoms with Crippen LogP contribution in [0.5, 0.6) is 0 Å². The lowest BCUT2D eigenvalue weighted by molar-refractivity contribution is -0.111. The van der Waals surface area contributed by atoms with Gasteiger partial charge in [-0.1, -0.05) is 11.1 Å². The molecule has 0 saturated heterocycles. The fourth-order valence-electron chi connectivity index (χ4n) is 1.40. The fourth-order valence-corrected chi connectivity index (χ4v) is 1.40. The quantitative estimate of drug-likeness (QED) is 0.401. The molecule has 0 saturated carbocycles. The summed E-state index contributed by atoms with van der Waals surface area (Å²) in [6.07, 6.45) is 4.27.